The molecule has 108 valence electrons. The number of thiophene rings is 1. The predicted octanol–water partition coefficient (Wildman–Crippen LogP) is 2.32. The lowest BCUT2D eigenvalue weighted by Gasteiger charge is -2.32. The van der Waals surface area contributed by atoms with Crippen LogP contribution in [-0.4, -0.2) is 20.5 Å². The molecule has 1 aromatic rings. The summed E-state index contributed by atoms with van der Waals surface area (Å²) in [5.74, 6) is 0.641. The van der Waals surface area contributed by atoms with Crippen LogP contribution in [0.4, 0.5) is 0 Å². The van der Waals surface area contributed by atoms with Gasteiger partial charge in [-0.3, -0.25) is 0 Å². The van der Waals surface area contributed by atoms with Gasteiger partial charge in [0.05, 0.1) is 0 Å². The van der Waals surface area contributed by atoms with Gasteiger partial charge in [0.2, 0.25) is 10.0 Å². The maximum Gasteiger partial charge on any atom is 0.250 e. The number of hydrogen-bond donors (Lipinski definition) is 2. The Morgan fingerprint density at radius 1 is 1.42 bits per heavy atom. The molecular weight excluding hydrogens is 280 g/mol. The van der Waals surface area contributed by atoms with Crippen LogP contribution >= 0.6 is 11.3 Å². The molecule has 2 rings (SSSR count). The van der Waals surface area contributed by atoms with E-state index in [1.807, 2.05) is 5.38 Å². The predicted molar refractivity (Wildman–Crippen MR) is 78.8 cm³/mol. The fourth-order valence-electron chi connectivity index (χ4n) is 2.18. The van der Waals surface area contributed by atoms with Crippen LogP contribution in [-0.2, 0) is 16.6 Å². The summed E-state index contributed by atoms with van der Waals surface area (Å²) in [5, 5.41) is 5.20. The highest BCUT2D eigenvalue weighted by molar-refractivity contribution is 7.91. The van der Waals surface area contributed by atoms with Gasteiger partial charge in [-0.1, -0.05) is 20.8 Å². The van der Waals surface area contributed by atoms with E-state index in [4.69, 9.17) is 0 Å². The Hall–Kier alpha value is -0.430. The van der Waals surface area contributed by atoms with E-state index in [2.05, 4.69) is 30.8 Å². The number of hydrogen-bond acceptors (Lipinski definition) is 4. The molecule has 1 fully saturated rings. The maximum absolute atomic E-state index is 12.2. The van der Waals surface area contributed by atoms with Crippen LogP contribution < -0.4 is 10.0 Å². The van der Waals surface area contributed by atoms with E-state index in [1.165, 1.54) is 11.3 Å². The second-order valence-corrected chi connectivity index (χ2v) is 8.56. The van der Waals surface area contributed by atoms with Crippen molar-refractivity contribution in [1.29, 1.82) is 0 Å². The summed E-state index contributed by atoms with van der Waals surface area (Å²) in [7, 11) is -3.32. The lowest BCUT2D eigenvalue weighted by molar-refractivity contribution is 0.270. The van der Waals surface area contributed by atoms with Crippen molar-refractivity contribution in [2.75, 3.05) is 0 Å². The minimum absolute atomic E-state index is 0.124. The Balaban J connectivity index is 1.96. The van der Waals surface area contributed by atoms with Crippen molar-refractivity contribution < 1.29 is 8.42 Å². The number of rotatable bonds is 6. The van der Waals surface area contributed by atoms with E-state index in [-0.39, 0.29) is 6.04 Å². The van der Waals surface area contributed by atoms with Gasteiger partial charge in [0.25, 0.3) is 0 Å². The highest BCUT2D eigenvalue weighted by Crippen LogP contribution is 2.29. The van der Waals surface area contributed by atoms with E-state index >= 15 is 0 Å². The molecule has 0 atom stereocenters. The lowest BCUT2D eigenvalue weighted by atomic mass is 9.83. The fraction of sp³-hybridized carbons (Fsp3) is 0.692. The molecular formula is C13H22N2O2S2. The smallest absolute Gasteiger partial charge is 0.250 e. The van der Waals surface area contributed by atoms with Crippen molar-refractivity contribution in [2.24, 2.45) is 5.92 Å². The van der Waals surface area contributed by atoms with Gasteiger partial charge in [0.15, 0.2) is 0 Å². The summed E-state index contributed by atoms with van der Waals surface area (Å²) in [4.78, 5) is 0. The van der Waals surface area contributed by atoms with Crippen LogP contribution in [0.1, 0.15) is 39.2 Å². The van der Waals surface area contributed by atoms with E-state index < -0.39 is 10.0 Å². The molecule has 1 saturated carbocycles. The van der Waals surface area contributed by atoms with Crippen LogP contribution in [0.2, 0.25) is 0 Å². The monoisotopic (exact) mass is 302 g/mol. The zero-order valence-electron chi connectivity index (χ0n) is 11.6. The number of sulfonamides is 1. The third-order valence-electron chi connectivity index (χ3n) is 3.30. The molecule has 1 aromatic heterocycles. The third kappa shape index (κ3) is 4.02. The first-order chi connectivity index (χ1) is 8.87. The van der Waals surface area contributed by atoms with Gasteiger partial charge in [-0.2, -0.15) is 0 Å². The fourth-order valence-corrected chi connectivity index (χ4v) is 4.67. The van der Waals surface area contributed by atoms with Gasteiger partial charge >= 0.3 is 0 Å². The zero-order valence-corrected chi connectivity index (χ0v) is 13.3. The van der Waals surface area contributed by atoms with E-state index in [9.17, 15) is 8.42 Å². The summed E-state index contributed by atoms with van der Waals surface area (Å²) < 4.78 is 27.5. The Morgan fingerprint density at radius 2 is 2.11 bits per heavy atom. The summed E-state index contributed by atoms with van der Waals surface area (Å²) in [5.41, 5.74) is 1.03. The second-order valence-electron chi connectivity index (χ2n) is 5.70. The molecule has 4 nitrogen and oxygen atoms in total. The molecule has 0 radical (unpaired) electrons. The zero-order chi connectivity index (χ0) is 14.0. The van der Waals surface area contributed by atoms with Crippen LogP contribution in [0, 0.1) is 5.92 Å². The van der Waals surface area contributed by atoms with Crippen LogP contribution in [0.3, 0.4) is 0 Å². The highest BCUT2D eigenvalue weighted by atomic mass is 32.2. The van der Waals surface area contributed by atoms with Crippen molar-refractivity contribution in [3.63, 3.8) is 0 Å². The molecule has 1 heterocycles. The largest absolute Gasteiger partial charge is 0.310 e. The van der Waals surface area contributed by atoms with Gasteiger partial charge in [-0.05, 0) is 35.8 Å². The molecule has 0 bridgehead atoms. The molecule has 2 N–H and O–H groups in total. The molecule has 19 heavy (non-hydrogen) atoms. The average molecular weight is 302 g/mol. The topological polar surface area (TPSA) is 58.2 Å². The molecule has 0 saturated heterocycles. The lowest BCUT2D eigenvalue weighted by Crippen LogP contribution is -2.43. The van der Waals surface area contributed by atoms with Crippen LogP contribution in [0.15, 0.2) is 15.7 Å². The Labute approximate surface area is 119 Å². The summed E-state index contributed by atoms with van der Waals surface area (Å²) >= 11 is 1.30. The van der Waals surface area contributed by atoms with E-state index in [0.717, 1.165) is 18.4 Å². The third-order valence-corrected chi connectivity index (χ3v) is 6.31. The molecule has 0 amide bonds. The van der Waals surface area contributed by atoms with Crippen molar-refractivity contribution in [3.05, 3.63) is 17.0 Å². The Kier molecular flexibility index (Phi) is 4.66. The van der Waals surface area contributed by atoms with Crippen molar-refractivity contribution >= 4 is 21.4 Å². The van der Waals surface area contributed by atoms with Gasteiger partial charge in [-0.25, -0.2) is 13.1 Å². The Morgan fingerprint density at radius 3 is 2.68 bits per heavy atom. The molecule has 6 heteroatoms. The molecule has 0 aliphatic heterocycles. The van der Waals surface area contributed by atoms with Gasteiger partial charge < -0.3 is 5.32 Å². The second kappa shape index (κ2) is 5.91. The first-order valence-electron chi connectivity index (χ1n) is 6.70. The highest BCUT2D eigenvalue weighted by Gasteiger charge is 2.30. The van der Waals surface area contributed by atoms with Crippen molar-refractivity contribution in [1.82, 2.24) is 10.0 Å². The summed E-state index contributed by atoms with van der Waals surface area (Å²) in [6.45, 7) is 7.00. The van der Waals surface area contributed by atoms with Gasteiger partial charge in [-0.15, -0.1) is 11.3 Å². The van der Waals surface area contributed by atoms with E-state index in [0.29, 0.717) is 22.7 Å². The van der Waals surface area contributed by atoms with Gasteiger partial charge in [0.1, 0.15) is 4.21 Å². The minimum Gasteiger partial charge on any atom is -0.310 e. The summed E-state index contributed by atoms with van der Waals surface area (Å²) in [6, 6.07) is 2.29. The maximum atomic E-state index is 12.2. The van der Waals surface area contributed by atoms with Crippen molar-refractivity contribution in [2.45, 2.75) is 56.5 Å². The van der Waals surface area contributed by atoms with Crippen LogP contribution in [0.25, 0.3) is 0 Å². The van der Waals surface area contributed by atoms with Gasteiger partial charge in [0, 0.05) is 18.6 Å². The number of nitrogens with one attached hydrogen (secondary N) is 2. The Bertz CT molecular complexity index is 517. The molecule has 0 unspecified atom stereocenters. The van der Waals surface area contributed by atoms with Crippen LogP contribution in [0.5, 0.6) is 0 Å². The first-order valence-corrected chi connectivity index (χ1v) is 9.06. The quantitative estimate of drug-likeness (QED) is 0.848. The minimum atomic E-state index is -3.32. The van der Waals surface area contributed by atoms with E-state index in [1.54, 1.807) is 6.07 Å². The molecule has 0 spiro atoms. The normalized spacial score (nSPS) is 23.6. The SMILES string of the molecule is CC1CC(NS(=O)(=O)c2cc(CNC(C)C)cs2)C1. The molecule has 1 aliphatic carbocycles. The first kappa shape index (κ1) is 15.0. The standard InChI is InChI=1S/C13H22N2O2S2/c1-9(2)14-7-11-6-13(18-8-11)19(16,17)15-12-4-10(3)5-12/h6,8-10,12,14-15H,4-5,7H2,1-3H3. The molecule has 1 aliphatic rings. The van der Waals surface area contributed by atoms with Crippen molar-refractivity contribution in [3.8, 4) is 0 Å². The average Bonchev–Trinajstić information content (AvgIpc) is 2.73. The summed E-state index contributed by atoms with van der Waals surface area (Å²) in [6.07, 6.45) is 1.90. The molecule has 0 aromatic carbocycles.